The average Bonchev–Trinajstić information content (AvgIpc) is 3.38. The van der Waals surface area contributed by atoms with Crippen LogP contribution in [-0.4, -0.2) is 32.1 Å². The predicted molar refractivity (Wildman–Crippen MR) is 132 cm³/mol. The summed E-state index contributed by atoms with van der Waals surface area (Å²) < 4.78 is 1.52. The fraction of sp³-hybridized carbons (Fsp3) is 0.208. The lowest BCUT2D eigenvalue weighted by Gasteiger charge is -2.05. The minimum absolute atomic E-state index is 0.168. The number of carbonyl (C=O) groups is 1. The van der Waals surface area contributed by atoms with Crippen LogP contribution in [0.3, 0.4) is 0 Å². The molecule has 2 aromatic heterocycles. The highest BCUT2D eigenvalue weighted by molar-refractivity contribution is 7.15. The molecule has 0 spiro atoms. The maximum absolute atomic E-state index is 12.9. The number of aryl methyl sites for hydroxylation is 4. The number of benzene rings is 2. The van der Waals surface area contributed by atoms with E-state index in [0.717, 1.165) is 28.4 Å². The molecule has 33 heavy (non-hydrogen) atoms. The quantitative estimate of drug-likeness (QED) is 0.413. The maximum Gasteiger partial charge on any atom is 0.280 e. The van der Waals surface area contributed by atoms with Crippen molar-refractivity contribution in [2.24, 2.45) is 4.99 Å². The van der Waals surface area contributed by atoms with E-state index >= 15 is 0 Å². The second-order valence-corrected chi connectivity index (χ2v) is 8.74. The highest BCUT2D eigenvalue weighted by Gasteiger charge is 2.12. The largest absolute Gasteiger partial charge is 0.296 e. The normalized spacial score (nSPS) is 11.3. The van der Waals surface area contributed by atoms with E-state index in [1.807, 2.05) is 45.9 Å². The molecule has 1 amide bonds. The van der Waals surface area contributed by atoms with Gasteiger partial charge in [-0.2, -0.15) is 0 Å². The van der Waals surface area contributed by atoms with Crippen LogP contribution in [0, 0.1) is 20.8 Å². The number of aliphatic imine (C=N–C) groups is 1. The van der Waals surface area contributed by atoms with Crippen LogP contribution in [0.25, 0.3) is 5.69 Å². The van der Waals surface area contributed by atoms with E-state index < -0.39 is 0 Å². The molecule has 2 aromatic carbocycles. The molecule has 0 atom stereocenters. The number of aromatic nitrogens is 4. The first kappa shape index (κ1) is 22.3. The molecule has 0 aliphatic heterocycles. The lowest BCUT2D eigenvalue weighted by Crippen LogP contribution is -2.17. The Morgan fingerprint density at radius 2 is 1.88 bits per heavy atom. The van der Waals surface area contributed by atoms with Crippen LogP contribution in [-0.2, 0) is 6.42 Å². The lowest BCUT2D eigenvalue weighted by atomic mass is 10.1. The standard InChI is InChI=1S/C24H24N6O2S/c1-5-21-27-28-24(33-21)26-22(31)17-7-9-18(10-8-17)25-13-20-16(4)29-30(23(20)32)19-11-6-14(2)15(3)12-19/h6-13,29H,5H2,1-4H3,(H,26,28,31). The van der Waals surface area contributed by atoms with Crippen LogP contribution >= 0.6 is 11.3 Å². The van der Waals surface area contributed by atoms with Crippen LogP contribution in [0.5, 0.6) is 0 Å². The Morgan fingerprint density at radius 1 is 1.12 bits per heavy atom. The SMILES string of the molecule is CCc1nnc(NC(=O)c2ccc(N=Cc3c(C)[nH]n(-c4ccc(C)c(C)c4)c3=O)cc2)s1. The molecule has 2 heterocycles. The molecule has 0 unspecified atom stereocenters. The van der Waals surface area contributed by atoms with E-state index in [0.29, 0.717) is 21.9 Å². The first-order chi connectivity index (χ1) is 15.9. The summed E-state index contributed by atoms with van der Waals surface area (Å²) in [7, 11) is 0. The van der Waals surface area contributed by atoms with Crippen molar-refractivity contribution in [2.45, 2.75) is 34.1 Å². The van der Waals surface area contributed by atoms with Crippen LogP contribution in [0.4, 0.5) is 10.8 Å². The summed E-state index contributed by atoms with van der Waals surface area (Å²) in [4.78, 5) is 29.8. The number of rotatable bonds is 6. The molecule has 168 valence electrons. The minimum Gasteiger partial charge on any atom is -0.296 e. The van der Waals surface area contributed by atoms with Gasteiger partial charge in [-0.25, -0.2) is 4.68 Å². The van der Waals surface area contributed by atoms with Crippen molar-refractivity contribution in [2.75, 3.05) is 5.32 Å². The molecule has 0 saturated carbocycles. The summed E-state index contributed by atoms with van der Waals surface area (Å²) in [5.74, 6) is -0.262. The zero-order chi connectivity index (χ0) is 23.5. The Balaban J connectivity index is 1.50. The van der Waals surface area contributed by atoms with Gasteiger partial charge in [0.25, 0.3) is 11.5 Å². The number of nitrogens with zero attached hydrogens (tertiary/aromatic N) is 4. The molecule has 0 saturated heterocycles. The van der Waals surface area contributed by atoms with E-state index in [2.05, 4.69) is 25.6 Å². The Morgan fingerprint density at radius 3 is 2.55 bits per heavy atom. The number of hydrogen-bond acceptors (Lipinski definition) is 6. The predicted octanol–water partition coefficient (Wildman–Crippen LogP) is 4.51. The van der Waals surface area contributed by atoms with E-state index in [-0.39, 0.29) is 11.5 Å². The van der Waals surface area contributed by atoms with Gasteiger partial charge in [-0.15, -0.1) is 10.2 Å². The summed E-state index contributed by atoms with van der Waals surface area (Å²) in [5.41, 5.74) is 5.22. The van der Waals surface area contributed by atoms with Gasteiger partial charge in [0.2, 0.25) is 5.13 Å². The molecule has 4 aromatic rings. The molecule has 8 nitrogen and oxygen atoms in total. The summed E-state index contributed by atoms with van der Waals surface area (Å²) in [6.45, 7) is 7.87. The molecule has 0 fully saturated rings. The van der Waals surface area contributed by atoms with Gasteiger partial charge in [-0.05, 0) is 74.7 Å². The van der Waals surface area contributed by atoms with Crippen LogP contribution < -0.4 is 10.9 Å². The highest BCUT2D eigenvalue weighted by atomic mass is 32.1. The Hall–Kier alpha value is -3.85. The Labute approximate surface area is 195 Å². The van der Waals surface area contributed by atoms with Gasteiger partial charge in [-0.3, -0.25) is 25.0 Å². The number of nitrogens with one attached hydrogen (secondary N) is 2. The zero-order valence-electron chi connectivity index (χ0n) is 18.8. The second-order valence-electron chi connectivity index (χ2n) is 7.67. The molecule has 2 N–H and O–H groups in total. The zero-order valence-corrected chi connectivity index (χ0v) is 19.7. The van der Waals surface area contributed by atoms with Gasteiger partial charge in [-0.1, -0.05) is 24.3 Å². The number of aromatic amines is 1. The van der Waals surface area contributed by atoms with E-state index in [1.54, 1.807) is 30.5 Å². The molecule has 9 heteroatoms. The van der Waals surface area contributed by atoms with Gasteiger partial charge in [0.15, 0.2) is 0 Å². The Bertz CT molecular complexity index is 1400. The number of H-pyrrole nitrogens is 1. The summed E-state index contributed by atoms with van der Waals surface area (Å²) in [6.07, 6.45) is 2.32. The molecule has 4 rings (SSSR count). The highest BCUT2D eigenvalue weighted by Crippen LogP contribution is 2.18. The Kier molecular flexibility index (Phi) is 6.32. The fourth-order valence-corrected chi connectivity index (χ4v) is 3.89. The van der Waals surface area contributed by atoms with Crippen molar-refractivity contribution >= 4 is 34.3 Å². The molecular formula is C24H24N6O2S. The number of hydrogen-bond donors (Lipinski definition) is 2. The van der Waals surface area contributed by atoms with Gasteiger partial charge in [0.1, 0.15) is 5.01 Å². The molecular weight excluding hydrogens is 436 g/mol. The first-order valence-electron chi connectivity index (χ1n) is 10.5. The average molecular weight is 461 g/mol. The third-order valence-electron chi connectivity index (χ3n) is 5.33. The van der Waals surface area contributed by atoms with Crippen molar-refractivity contribution in [3.8, 4) is 5.69 Å². The van der Waals surface area contributed by atoms with Crippen LogP contribution in [0.15, 0.2) is 52.3 Å². The molecule has 0 radical (unpaired) electrons. The summed E-state index contributed by atoms with van der Waals surface area (Å²) in [6, 6.07) is 12.7. The third kappa shape index (κ3) is 4.83. The monoisotopic (exact) mass is 460 g/mol. The van der Waals surface area contributed by atoms with Gasteiger partial charge in [0.05, 0.1) is 16.9 Å². The van der Waals surface area contributed by atoms with Gasteiger partial charge in [0, 0.05) is 17.5 Å². The van der Waals surface area contributed by atoms with Crippen LogP contribution in [0.2, 0.25) is 0 Å². The topological polar surface area (TPSA) is 105 Å². The number of carbonyl (C=O) groups excluding carboxylic acids is 1. The third-order valence-corrected chi connectivity index (χ3v) is 6.31. The number of amides is 1. The van der Waals surface area contributed by atoms with Crippen molar-refractivity contribution in [3.05, 3.63) is 85.8 Å². The van der Waals surface area contributed by atoms with E-state index in [9.17, 15) is 9.59 Å². The minimum atomic E-state index is -0.262. The smallest absolute Gasteiger partial charge is 0.280 e. The summed E-state index contributed by atoms with van der Waals surface area (Å²) >= 11 is 1.36. The first-order valence-corrected chi connectivity index (χ1v) is 11.3. The molecule has 0 aliphatic rings. The molecule has 0 bridgehead atoms. The van der Waals surface area contributed by atoms with Crippen molar-refractivity contribution in [1.29, 1.82) is 0 Å². The fourth-order valence-electron chi connectivity index (χ4n) is 3.21. The number of anilines is 1. The lowest BCUT2D eigenvalue weighted by molar-refractivity contribution is 0.102. The second kappa shape index (κ2) is 9.33. The van der Waals surface area contributed by atoms with Crippen LogP contribution in [0.1, 0.15) is 44.7 Å². The van der Waals surface area contributed by atoms with Crippen molar-refractivity contribution < 1.29 is 4.79 Å². The van der Waals surface area contributed by atoms with Crippen molar-refractivity contribution in [1.82, 2.24) is 20.0 Å². The van der Waals surface area contributed by atoms with E-state index in [4.69, 9.17) is 0 Å². The van der Waals surface area contributed by atoms with Crippen molar-refractivity contribution in [3.63, 3.8) is 0 Å². The molecule has 0 aliphatic carbocycles. The maximum atomic E-state index is 12.9. The van der Waals surface area contributed by atoms with E-state index in [1.165, 1.54) is 21.6 Å². The summed E-state index contributed by atoms with van der Waals surface area (Å²) in [5, 5.41) is 15.2. The van der Waals surface area contributed by atoms with Gasteiger partial charge >= 0.3 is 0 Å². The van der Waals surface area contributed by atoms with Gasteiger partial charge < -0.3 is 0 Å².